The van der Waals surface area contributed by atoms with Gasteiger partial charge in [-0.3, -0.25) is 4.79 Å². The van der Waals surface area contributed by atoms with Crippen LogP contribution < -0.4 is 16.0 Å². The van der Waals surface area contributed by atoms with Gasteiger partial charge in [0.25, 0.3) is 0 Å². The summed E-state index contributed by atoms with van der Waals surface area (Å²) in [6.45, 7) is -0.610. The molecule has 92 valence electrons. The monoisotopic (exact) mass is 233 g/mol. The van der Waals surface area contributed by atoms with Crippen molar-refractivity contribution < 1.29 is 24.6 Å². The molecule has 0 aliphatic rings. The fraction of sp³-hybridized carbons (Fsp3) is 0.625. The zero-order valence-corrected chi connectivity index (χ0v) is 8.82. The number of carboxylic acids is 1. The number of carbonyl (C=O) groups excluding carboxylic acids is 2. The Morgan fingerprint density at radius 2 is 1.94 bits per heavy atom. The first-order valence-electron chi connectivity index (χ1n) is 4.59. The van der Waals surface area contributed by atoms with E-state index in [-0.39, 0.29) is 18.9 Å². The smallest absolute Gasteiger partial charge is 0.328 e. The first-order chi connectivity index (χ1) is 7.51. The molecule has 0 heterocycles. The Bertz CT molecular complexity index is 268. The second kappa shape index (κ2) is 7.46. The number of carboxylic acid groups (broad SMARTS) is 1. The van der Waals surface area contributed by atoms with E-state index in [1.54, 1.807) is 0 Å². The van der Waals surface area contributed by atoms with Crippen molar-refractivity contribution in [2.45, 2.75) is 12.5 Å². The highest BCUT2D eigenvalue weighted by Gasteiger charge is 2.18. The second-order valence-corrected chi connectivity index (χ2v) is 2.90. The Balaban J connectivity index is 3.81. The van der Waals surface area contributed by atoms with E-state index >= 15 is 0 Å². The third-order valence-corrected chi connectivity index (χ3v) is 1.70. The summed E-state index contributed by atoms with van der Waals surface area (Å²) in [4.78, 5) is 32.2. The maximum absolute atomic E-state index is 11.1. The second-order valence-electron chi connectivity index (χ2n) is 2.90. The Labute approximate surface area is 92.0 Å². The van der Waals surface area contributed by atoms with E-state index in [4.69, 9.17) is 10.2 Å². The number of hydrogen-bond donors (Lipinski definition) is 5. The summed E-state index contributed by atoms with van der Waals surface area (Å²) >= 11 is 0. The topological polar surface area (TPSA) is 128 Å². The van der Waals surface area contributed by atoms with Crippen LogP contribution in [0.1, 0.15) is 6.42 Å². The zero-order chi connectivity index (χ0) is 12.6. The van der Waals surface area contributed by atoms with Gasteiger partial charge in [0, 0.05) is 20.0 Å². The van der Waals surface area contributed by atoms with Gasteiger partial charge in [0.1, 0.15) is 0 Å². The van der Waals surface area contributed by atoms with Gasteiger partial charge in [-0.05, 0) is 0 Å². The van der Waals surface area contributed by atoms with Crippen LogP contribution in [0.3, 0.4) is 0 Å². The minimum absolute atomic E-state index is 0.0866. The van der Waals surface area contributed by atoms with Crippen LogP contribution in [-0.4, -0.2) is 54.4 Å². The molecule has 0 spiro atoms. The van der Waals surface area contributed by atoms with Crippen molar-refractivity contribution in [3.05, 3.63) is 0 Å². The van der Waals surface area contributed by atoms with Crippen molar-refractivity contribution in [3.8, 4) is 0 Å². The molecule has 0 saturated heterocycles. The van der Waals surface area contributed by atoms with Crippen LogP contribution in [0.4, 0.5) is 4.79 Å². The molecule has 0 fully saturated rings. The molecule has 0 aliphatic carbocycles. The van der Waals surface area contributed by atoms with Crippen LogP contribution in [-0.2, 0) is 9.59 Å². The molecule has 1 unspecified atom stereocenters. The summed E-state index contributed by atoms with van der Waals surface area (Å²) in [6, 6.07) is -2.09. The molecule has 0 aromatic heterocycles. The number of hydrogen-bond acceptors (Lipinski definition) is 4. The maximum atomic E-state index is 11.1. The number of aliphatic hydroxyl groups is 1. The van der Waals surface area contributed by atoms with Crippen LogP contribution in [0.2, 0.25) is 0 Å². The molecule has 0 bridgehead atoms. The summed E-state index contributed by atoms with van der Waals surface area (Å²) < 4.78 is 0. The molecule has 8 heteroatoms. The van der Waals surface area contributed by atoms with Crippen LogP contribution in [0, 0.1) is 0 Å². The lowest BCUT2D eigenvalue weighted by Gasteiger charge is -2.12. The SMILES string of the molecule is CNC(=O)CCNC(=O)NC(CO)C(=O)O. The van der Waals surface area contributed by atoms with E-state index in [1.165, 1.54) is 7.05 Å². The molecule has 0 aromatic carbocycles. The first kappa shape index (κ1) is 14.2. The van der Waals surface area contributed by atoms with Crippen molar-refractivity contribution >= 4 is 17.9 Å². The van der Waals surface area contributed by atoms with Crippen LogP contribution >= 0.6 is 0 Å². The molecule has 0 aromatic rings. The van der Waals surface area contributed by atoms with Crippen molar-refractivity contribution in [2.24, 2.45) is 0 Å². The summed E-state index contributed by atoms with van der Waals surface area (Å²) in [5.41, 5.74) is 0. The number of amides is 3. The largest absolute Gasteiger partial charge is 0.480 e. The average molecular weight is 233 g/mol. The Morgan fingerprint density at radius 1 is 1.31 bits per heavy atom. The molecule has 1 atom stereocenters. The number of aliphatic hydroxyl groups excluding tert-OH is 1. The number of rotatable bonds is 6. The Kier molecular flexibility index (Phi) is 6.61. The molecule has 8 nitrogen and oxygen atoms in total. The van der Waals surface area contributed by atoms with Gasteiger partial charge in [-0.1, -0.05) is 0 Å². The molecule has 0 rings (SSSR count). The van der Waals surface area contributed by atoms with Crippen LogP contribution in [0.5, 0.6) is 0 Å². The van der Waals surface area contributed by atoms with Crippen molar-refractivity contribution in [3.63, 3.8) is 0 Å². The quantitative estimate of drug-likeness (QED) is 0.358. The number of aliphatic carboxylic acids is 1. The first-order valence-corrected chi connectivity index (χ1v) is 4.59. The molecule has 0 aliphatic heterocycles. The van der Waals surface area contributed by atoms with Crippen molar-refractivity contribution in [2.75, 3.05) is 20.2 Å². The molecular formula is C8H15N3O5. The van der Waals surface area contributed by atoms with Crippen molar-refractivity contribution in [1.82, 2.24) is 16.0 Å². The highest BCUT2D eigenvalue weighted by atomic mass is 16.4. The summed E-state index contributed by atoms with van der Waals surface area (Å²) in [5.74, 6) is -1.57. The molecule has 0 radical (unpaired) electrons. The predicted octanol–water partition coefficient (Wildman–Crippen LogP) is -2.13. The highest BCUT2D eigenvalue weighted by Crippen LogP contribution is 1.83. The maximum Gasteiger partial charge on any atom is 0.328 e. The number of carbonyl (C=O) groups is 3. The molecule has 0 saturated carbocycles. The van der Waals surface area contributed by atoms with Crippen molar-refractivity contribution in [1.29, 1.82) is 0 Å². The van der Waals surface area contributed by atoms with E-state index in [9.17, 15) is 14.4 Å². The van der Waals surface area contributed by atoms with Gasteiger partial charge in [0.2, 0.25) is 5.91 Å². The van der Waals surface area contributed by atoms with E-state index in [0.29, 0.717) is 0 Å². The normalized spacial score (nSPS) is 11.4. The minimum Gasteiger partial charge on any atom is -0.480 e. The summed E-state index contributed by atoms with van der Waals surface area (Å²) in [6.07, 6.45) is 0.0980. The summed E-state index contributed by atoms with van der Waals surface area (Å²) in [5, 5.41) is 23.8. The fourth-order valence-electron chi connectivity index (χ4n) is 0.809. The van der Waals surface area contributed by atoms with Gasteiger partial charge in [0.15, 0.2) is 6.04 Å². The van der Waals surface area contributed by atoms with Gasteiger partial charge in [-0.2, -0.15) is 0 Å². The summed E-state index contributed by atoms with van der Waals surface area (Å²) in [7, 11) is 1.47. The molecule has 3 amide bonds. The van der Waals surface area contributed by atoms with Crippen LogP contribution in [0.15, 0.2) is 0 Å². The number of urea groups is 1. The van der Waals surface area contributed by atoms with Gasteiger partial charge in [0.05, 0.1) is 6.61 Å². The zero-order valence-electron chi connectivity index (χ0n) is 8.82. The minimum atomic E-state index is -1.35. The van der Waals surface area contributed by atoms with E-state index < -0.39 is 24.6 Å². The molecule has 5 N–H and O–H groups in total. The molecular weight excluding hydrogens is 218 g/mol. The van der Waals surface area contributed by atoms with E-state index in [2.05, 4.69) is 10.6 Å². The fourth-order valence-corrected chi connectivity index (χ4v) is 0.809. The van der Waals surface area contributed by atoms with Gasteiger partial charge < -0.3 is 26.2 Å². The number of nitrogens with one attached hydrogen (secondary N) is 3. The van der Waals surface area contributed by atoms with Crippen LogP contribution in [0.25, 0.3) is 0 Å². The van der Waals surface area contributed by atoms with E-state index in [1.807, 2.05) is 5.32 Å². The lowest BCUT2D eigenvalue weighted by Crippen LogP contribution is -2.48. The Hall–Kier alpha value is -1.83. The standard InChI is InChI=1S/C8H15N3O5/c1-9-6(13)2-3-10-8(16)11-5(4-12)7(14)15/h5,12H,2-4H2,1H3,(H,9,13)(H,14,15)(H2,10,11,16). The average Bonchev–Trinajstić information content (AvgIpc) is 2.25. The Morgan fingerprint density at radius 3 is 2.38 bits per heavy atom. The third kappa shape index (κ3) is 5.81. The predicted molar refractivity (Wildman–Crippen MR) is 53.7 cm³/mol. The lowest BCUT2D eigenvalue weighted by molar-refractivity contribution is -0.140. The van der Waals surface area contributed by atoms with Gasteiger partial charge >= 0.3 is 12.0 Å². The van der Waals surface area contributed by atoms with Gasteiger partial charge in [-0.25, -0.2) is 9.59 Å². The highest BCUT2D eigenvalue weighted by molar-refractivity contribution is 5.83. The van der Waals surface area contributed by atoms with Gasteiger partial charge in [-0.15, -0.1) is 0 Å². The van der Waals surface area contributed by atoms with E-state index in [0.717, 1.165) is 0 Å². The lowest BCUT2D eigenvalue weighted by atomic mass is 10.3. The molecule has 16 heavy (non-hydrogen) atoms. The third-order valence-electron chi connectivity index (χ3n) is 1.70.